The van der Waals surface area contributed by atoms with Crippen LogP contribution in [0.2, 0.25) is 0 Å². The van der Waals surface area contributed by atoms with Gasteiger partial charge >= 0.3 is 6.61 Å². The van der Waals surface area contributed by atoms with Crippen LogP contribution in [0, 0.1) is 5.82 Å². The topological polar surface area (TPSA) is 90.5 Å². The van der Waals surface area contributed by atoms with Crippen molar-refractivity contribution in [2.24, 2.45) is 17.3 Å². The summed E-state index contributed by atoms with van der Waals surface area (Å²) in [5, 5.41) is 1.03. The van der Waals surface area contributed by atoms with E-state index in [4.69, 9.17) is 17.3 Å². The first kappa shape index (κ1) is 14.1. The van der Waals surface area contributed by atoms with Gasteiger partial charge in [0, 0.05) is 24.5 Å². The molecular formula is C10H13F3N4O. The molecule has 1 aromatic carbocycles. The van der Waals surface area contributed by atoms with E-state index in [0.717, 1.165) is 17.1 Å². The lowest BCUT2D eigenvalue weighted by atomic mass is 10.3. The molecule has 0 saturated carbocycles. The molecule has 0 fully saturated rings. The molecule has 0 spiro atoms. The van der Waals surface area contributed by atoms with Crippen molar-refractivity contribution in [2.45, 2.75) is 6.61 Å². The van der Waals surface area contributed by atoms with Gasteiger partial charge in [-0.05, 0) is 12.1 Å². The number of ether oxygens (including phenoxy) is 1. The average molecular weight is 262 g/mol. The van der Waals surface area contributed by atoms with Crippen molar-refractivity contribution in [1.29, 1.82) is 0 Å². The van der Waals surface area contributed by atoms with E-state index in [-0.39, 0.29) is 17.9 Å². The number of hydrogen-bond acceptors (Lipinski definition) is 5. The van der Waals surface area contributed by atoms with E-state index in [0.29, 0.717) is 0 Å². The van der Waals surface area contributed by atoms with Gasteiger partial charge in [-0.3, -0.25) is 5.01 Å². The summed E-state index contributed by atoms with van der Waals surface area (Å²) in [6.45, 7) is -3.04. The lowest BCUT2D eigenvalue weighted by Gasteiger charge is -2.16. The van der Waals surface area contributed by atoms with Gasteiger partial charge in [0.1, 0.15) is 0 Å². The van der Waals surface area contributed by atoms with Gasteiger partial charge in [-0.25, -0.2) is 10.2 Å². The maximum absolute atomic E-state index is 13.1. The molecule has 5 nitrogen and oxygen atoms in total. The molecule has 0 aromatic heterocycles. The molecule has 0 atom stereocenters. The van der Waals surface area contributed by atoms with Crippen molar-refractivity contribution in [3.05, 3.63) is 35.9 Å². The van der Waals surface area contributed by atoms with Gasteiger partial charge in [0.25, 0.3) is 0 Å². The van der Waals surface area contributed by atoms with E-state index < -0.39 is 18.2 Å². The maximum atomic E-state index is 13.1. The van der Waals surface area contributed by atoms with Crippen molar-refractivity contribution in [1.82, 2.24) is 0 Å². The molecule has 6 N–H and O–H groups in total. The van der Waals surface area contributed by atoms with E-state index in [1.54, 1.807) is 0 Å². The first-order chi connectivity index (χ1) is 8.43. The number of alkyl halides is 2. The molecule has 0 heterocycles. The monoisotopic (exact) mass is 262 g/mol. The molecule has 100 valence electrons. The van der Waals surface area contributed by atoms with E-state index in [1.165, 1.54) is 12.3 Å². The minimum Gasteiger partial charge on any atom is -0.432 e. The first-order valence-corrected chi connectivity index (χ1v) is 4.88. The van der Waals surface area contributed by atoms with E-state index >= 15 is 0 Å². The van der Waals surface area contributed by atoms with Crippen LogP contribution in [-0.2, 0) is 0 Å². The number of hydrazine groups is 1. The molecule has 18 heavy (non-hydrogen) atoms. The predicted octanol–water partition coefficient (Wildman–Crippen LogP) is 0.866. The summed E-state index contributed by atoms with van der Waals surface area (Å²) in [4.78, 5) is 0. The van der Waals surface area contributed by atoms with Crippen LogP contribution in [-0.4, -0.2) is 13.2 Å². The summed E-state index contributed by atoms with van der Waals surface area (Å²) in [5.74, 6) is 4.06. The molecule has 1 aromatic rings. The third-order valence-corrected chi connectivity index (χ3v) is 1.97. The fraction of sp³-hybridized carbons (Fsp3) is 0.200. The Hall–Kier alpha value is -1.93. The molecule has 0 bridgehead atoms. The summed E-state index contributed by atoms with van der Waals surface area (Å²) < 4.78 is 41.2. The molecule has 0 aliphatic rings. The van der Waals surface area contributed by atoms with Crippen LogP contribution in [0.25, 0.3) is 0 Å². The average Bonchev–Trinajstić information content (AvgIpc) is 2.31. The Morgan fingerprint density at radius 2 is 2.11 bits per heavy atom. The minimum atomic E-state index is -3.12. The SMILES string of the molecule is NC/C(N)=C/N(N)c1ccc(F)c(OC(F)F)c1. The van der Waals surface area contributed by atoms with Crippen molar-refractivity contribution in [3.63, 3.8) is 0 Å². The molecule has 0 amide bonds. The van der Waals surface area contributed by atoms with Gasteiger partial charge in [-0.2, -0.15) is 8.78 Å². The third-order valence-electron chi connectivity index (χ3n) is 1.97. The predicted molar refractivity (Wildman–Crippen MR) is 61.0 cm³/mol. The first-order valence-electron chi connectivity index (χ1n) is 4.88. The smallest absolute Gasteiger partial charge is 0.387 e. The maximum Gasteiger partial charge on any atom is 0.387 e. The van der Waals surface area contributed by atoms with Gasteiger partial charge in [0.05, 0.1) is 5.69 Å². The third kappa shape index (κ3) is 3.82. The molecule has 0 radical (unpaired) electrons. The zero-order valence-corrected chi connectivity index (χ0v) is 9.32. The second kappa shape index (κ2) is 6.12. The van der Waals surface area contributed by atoms with E-state index in [9.17, 15) is 13.2 Å². The van der Waals surface area contributed by atoms with Crippen LogP contribution < -0.4 is 27.1 Å². The number of benzene rings is 1. The van der Waals surface area contributed by atoms with Crippen LogP contribution >= 0.6 is 0 Å². The Labute approximate surface area is 102 Å². The highest BCUT2D eigenvalue weighted by atomic mass is 19.3. The van der Waals surface area contributed by atoms with Gasteiger partial charge in [-0.15, -0.1) is 0 Å². The van der Waals surface area contributed by atoms with Gasteiger partial charge in [0.15, 0.2) is 11.6 Å². The molecular weight excluding hydrogens is 249 g/mol. The van der Waals surface area contributed by atoms with Gasteiger partial charge in [-0.1, -0.05) is 0 Å². The van der Waals surface area contributed by atoms with Crippen molar-refractivity contribution >= 4 is 5.69 Å². The fourth-order valence-corrected chi connectivity index (χ4v) is 1.14. The Kier molecular flexibility index (Phi) is 4.81. The van der Waals surface area contributed by atoms with Gasteiger partial charge in [0.2, 0.25) is 0 Å². The molecule has 0 unspecified atom stereocenters. The molecule has 8 heteroatoms. The molecule has 0 aliphatic carbocycles. The molecule has 0 aliphatic heterocycles. The zero-order valence-electron chi connectivity index (χ0n) is 9.32. The van der Waals surface area contributed by atoms with Crippen LogP contribution in [0.1, 0.15) is 0 Å². The summed E-state index contributed by atoms with van der Waals surface area (Å²) >= 11 is 0. The number of nitrogens with two attached hydrogens (primary N) is 3. The van der Waals surface area contributed by atoms with E-state index in [2.05, 4.69) is 4.74 Å². The normalized spacial score (nSPS) is 11.8. The van der Waals surface area contributed by atoms with Crippen LogP contribution in [0.15, 0.2) is 30.1 Å². The van der Waals surface area contributed by atoms with Crippen LogP contribution in [0.5, 0.6) is 5.75 Å². The summed E-state index contributed by atoms with van der Waals surface area (Å²) in [6, 6.07) is 3.27. The Balaban J connectivity index is 2.97. The van der Waals surface area contributed by atoms with Crippen molar-refractivity contribution in [3.8, 4) is 5.75 Å². The Morgan fingerprint density at radius 1 is 1.44 bits per heavy atom. The molecule has 0 saturated heterocycles. The number of halogens is 3. The second-order valence-corrected chi connectivity index (χ2v) is 3.31. The van der Waals surface area contributed by atoms with Crippen molar-refractivity contribution in [2.75, 3.05) is 11.6 Å². The summed E-state index contributed by atoms with van der Waals surface area (Å²) in [7, 11) is 0. The highest BCUT2D eigenvalue weighted by Crippen LogP contribution is 2.25. The second-order valence-electron chi connectivity index (χ2n) is 3.31. The largest absolute Gasteiger partial charge is 0.432 e. The van der Waals surface area contributed by atoms with Crippen molar-refractivity contribution < 1.29 is 17.9 Å². The number of nitrogens with zero attached hydrogens (tertiary/aromatic N) is 1. The Bertz CT molecular complexity index is 439. The van der Waals surface area contributed by atoms with Crippen LogP contribution in [0.3, 0.4) is 0 Å². The van der Waals surface area contributed by atoms with Crippen LogP contribution in [0.4, 0.5) is 18.9 Å². The lowest BCUT2D eigenvalue weighted by Crippen LogP contribution is -2.27. The highest BCUT2D eigenvalue weighted by Gasteiger charge is 2.12. The number of rotatable bonds is 5. The fourth-order valence-electron chi connectivity index (χ4n) is 1.14. The zero-order chi connectivity index (χ0) is 13.7. The summed E-state index contributed by atoms with van der Waals surface area (Å²) in [5.41, 5.74) is 11.2. The van der Waals surface area contributed by atoms with Gasteiger partial charge < -0.3 is 16.2 Å². The summed E-state index contributed by atoms with van der Waals surface area (Å²) in [6.07, 6.45) is 1.29. The number of hydrogen-bond donors (Lipinski definition) is 3. The minimum absolute atomic E-state index is 0.0787. The highest BCUT2D eigenvalue weighted by molar-refractivity contribution is 5.52. The standard InChI is InChI=1S/C10H13F3N4O/c11-8-2-1-7(3-9(8)18-10(12)13)17(16)5-6(15)4-14/h1-3,5,10H,4,14-16H2/b6-5-. The molecule has 1 rings (SSSR count). The number of anilines is 1. The van der Waals surface area contributed by atoms with E-state index in [1.807, 2.05) is 0 Å². The quantitative estimate of drug-likeness (QED) is 0.541. The Morgan fingerprint density at radius 3 is 2.67 bits per heavy atom. The lowest BCUT2D eigenvalue weighted by molar-refractivity contribution is -0.0521.